The Balaban J connectivity index is 1.51. The van der Waals surface area contributed by atoms with Gasteiger partial charge in [0.25, 0.3) is 5.56 Å². The van der Waals surface area contributed by atoms with Gasteiger partial charge in [0.2, 0.25) is 10.0 Å². The number of nitrogens with two attached hydrogens (primary N) is 1. The lowest BCUT2D eigenvalue weighted by molar-refractivity contribution is 0.475. The molecule has 5 rings (SSSR count). The quantitative estimate of drug-likeness (QED) is 0.302. The summed E-state index contributed by atoms with van der Waals surface area (Å²) in [6, 6.07) is 17.3. The molecule has 0 radical (unpaired) electrons. The Labute approximate surface area is 246 Å². The Morgan fingerprint density at radius 2 is 1.56 bits per heavy atom. The number of phenols is 1. The Bertz CT molecular complexity index is 1860. The van der Waals surface area contributed by atoms with E-state index in [4.69, 9.17) is 33.3 Å². The van der Waals surface area contributed by atoms with Crippen molar-refractivity contribution in [3.63, 3.8) is 0 Å². The number of aromatic hydroxyl groups is 1. The highest BCUT2D eigenvalue weighted by Crippen LogP contribution is 2.36. The fourth-order valence-corrected chi connectivity index (χ4v) is 6.04. The van der Waals surface area contributed by atoms with Gasteiger partial charge in [0, 0.05) is 38.7 Å². The Morgan fingerprint density at radius 1 is 0.976 bits per heavy atom. The lowest BCUT2D eigenvalue weighted by Crippen LogP contribution is -2.32. The zero-order valence-electron chi connectivity index (χ0n) is 22.0. The number of H-pyrrole nitrogens is 1. The van der Waals surface area contributed by atoms with E-state index in [2.05, 4.69) is 9.98 Å². The van der Waals surface area contributed by atoms with Crippen LogP contribution in [0.4, 0.5) is 0 Å². The third kappa shape index (κ3) is 6.06. The summed E-state index contributed by atoms with van der Waals surface area (Å²) in [5.74, 6) is 1.07. The maximum absolute atomic E-state index is 13.4. The van der Waals surface area contributed by atoms with Gasteiger partial charge in [-0.1, -0.05) is 59.6 Å². The number of sulfonamides is 1. The van der Waals surface area contributed by atoms with Crippen molar-refractivity contribution in [2.75, 3.05) is 14.1 Å². The van der Waals surface area contributed by atoms with E-state index < -0.39 is 10.0 Å². The summed E-state index contributed by atoms with van der Waals surface area (Å²) in [7, 11) is -0.485. The Morgan fingerprint density at radius 3 is 2.12 bits per heavy atom. The molecule has 12 heteroatoms. The van der Waals surface area contributed by atoms with Crippen LogP contribution in [-0.2, 0) is 22.9 Å². The molecule has 4 N–H and O–H groups in total. The highest BCUT2D eigenvalue weighted by Gasteiger charge is 2.25. The molecular formula is C29H25Cl2N5O4S. The standard InChI is InChI=1S/C29H25Cl2N5O4S/c1-36(2)28-27-24(12-19(15-33-28)26-22(30)13-21(14-23(26)31)41(32,39)40)34-25(35-29(27)38)11-16-3-5-17(6-4-16)18-7-9-20(37)10-8-18/h3-10,13-15,37H,11-12H2,1-2H3,(H2,32,39,40)(H,34,35,38). The number of halogens is 2. The van der Waals surface area contributed by atoms with Gasteiger partial charge in [-0.05, 0) is 46.5 Å². The Hall–Kier alpha value is -3.96. The second-order valence-corrected chi connectivity index (χ2v) is 12.1. The van der Waals surface area contributed by atoms with Crippen molar-refractivity contribution in [1.82, 2.24) is 14.9 Å². The smallest absolute Gasteiger partial charge is 0.262 e. The lowest BCUT2D eigenvalue weighted by atomic mass is 9.99. The third-order valence-corrected chi connectivity index (χ3v) is 8.07. The normalized spacial score (nSPS) is 13.2. The number of benzene rings is 3. The zero-order chi connectivity index (χ0) is 29.5. The van der Waals surface area contributed by atoms with E-state index in [0.717, 1.165) is 16.7 Å². The summed E-state index contributed by atoms with van der Waals surface area (Å²) in [4.78, 5) is 27.1. The summed E-state index contributed by atoms with van der Waals surface area (Å²) in [6.45, 7) is 0. The Kier molecular flexibility index (Phi) is 7.76. The highest BCUT2D eigenvalue weighted by atomic mass is 35.5. The molecule has 0 saturated heterocycles. The van der Waals surface area contributed by atoms with E-state index in [1.807, 2.05) is 36.4 Å². The summed E-state index contributed by atoms with van der Waals surface area (Å²) in [5.41, 5.74) is 4.28. The molecule has 1 aromatic heterocycles. The number of aromatic nitrogens is 2. The second-order valence-electron chi connectivity index (χ2n) is 9.74. The minimum Gasteiger partial charge on any atom is -0.508 e. The number of aliphatic imine (C=N–C) groups is 1. The number of amidine groups is 1. The molecule has 9 nitrogen and oxygen atoms in total. The first-order valence-corrected chi connectivity index (χ1v) is 14.7. The highest BCUT2D eigenvalue weighted by molar-refractivity contribution is 7.89. The van der Waals surface area contributed by atoms with E-state index >= 15 is 0 Å². The molecular weight excluding hydrogens is 585 g/mol. The predicted molar refractivity (Wildman–Crippen MR) is 161 cm³/mol. The number of primary sulfonamides is 1. The van der Waals surface area contributed by atoms with E-state index in [-0.39, 0.29) is 32.7 Å². The van der Waals surface area contributed by atoms with Crippen LogP contribution in [0.2, 0.25) is 10.0 Å². The van der Waals surface area contributed by atoms with E-state index in [9.17, 15) is 18.3 Å². The maximum atomic E-state index is 13.4. The van der Waals surface area contributed by atoms with E-state index in [0.29, 0.717) is 40.5 Å². The molecule has 4 aromatic rings. The number of hydrogen-bond acceptors (Lipinski definition) is 7. The number of nitrogens with zero attached hydrogens (tertiary/aromatic N) is 3. The number of hydrogen-bond donors (Lipinski definition) is 3. The van der Waals surface area contributed by atoms with Crippen LogP contribution in [0.5, 0.6) is 5.75 Å². The van der Waals surface area contributed by atoms with Crippen LogP contribution in [0.15, 0.2) is 81.5 Å². The predicted octanol–water partition coefficient (Wildman–Crippen LogP) is 4.59. The number of aromatic amines is 1. The van der Waals surface area contributed by atoms with Gasteiger partial charge in [-0.3, -0.25) is 4.79 Å². The average molecular weight is 611 g/mol. The van der Waals surface area contributed by atoms with Crippen LogP contribution in [0.25, 0.3) is 16.7 Å². The van der Waals surface area contributed by atoms with Crippen LogP contribution in [-0.4, -0.2) is 48.3 Å². The van der Waals surface area contributed by atoms with Gasteiger partial charge in [0.05, 0.1) is 20.6 Å². The van der Waals surface area contributed by atoms with Crippen LogP contribution >= 0.6 is 23.2 Å². The van der Waals surface area contributed by atoms with Gasteiger partial charge in [-0.2, -0.15) is 0 Å². The fraction of sp³-hybridized carbons (Fsp3) is 0.138. The molecule has 0 fully saturated rings. The largest absolute Gasteiger partial charge is 0.508 e. The van der Waals surface area contributed by atoms with Crippen molar-refractivity contribution in [3.05, 3.63) is 115 Å². The minimum atomic E-state index is -4.02. The molecule has 0 saturated carbocycles. The van der Waals surface area contributed by atoms with Crippen LogP contribution < -0.4 is 10.7 Å². The monoisotopic (exact) mass is 609 g/mol. The molecule has 0 unspecified atom stereocenters. The third-order valence-electron chi connectivity index (χ3n) is 6.58. The van der Waals surface area contributed by atoms with Crippen molar-refractivity contribution in [1.29, 1.82) is 0 Å². The molecule has 1 aliphatic heterocycles. The number of phenolic OH excluding ortho intramolecular Hbond substituents is 1. The summed E-state index contributed by atoms with van der Waals surface area (Å²) < 4.78 is 23.7. The van der Waals surface area contributed by atoms with Gasteiger partial charge in [-0.15, -0.1) is 0 Å². The molecule has 0 atom stereocenters. The van der Waals surface area contributed by atoms with Crippen molar-refractivity contribution >= 4 is 44.6 Å². The fourth-order valence-electron chi connectivity index (χ4n) is 4.62. The van der Waals surface area contributed by atoms with Crippen LogP contribution in [0.1, 0.15) is 28.2 Å². The minimum absolute atomic E-state index is 0.0802. The molecule has 41 heavy (non-hydrogen) atoms. The molecule has 2 heterocycles. The van der Waals surface area contributed by atoms with Crippen molar-refractivity contribution in [2.45, 2.75) is 17.7 Å². The van der Waals surface area contributed by atoms with Crippen molar-refractivity contribution < 1.29 is 13.5 Å². The second kappa shape index (κ2) is 11.1. The van der Waals surface area contributed by atoms with Crippen LogP contribution in [0, 0.1) is 0 Å². The molecule has 3 aromatic carbocycles. The van der Waals surface area contributed by atoms with Crippen molar-refractivity contribution in [3.8, 4) is 16.9 Å². The molecule has 0 amide bonds. The van der Waals surface area contributed by atoms with Gasteiger partial charge < -0.3 is 15.0 Å². The molecule has 0 spiro atoms. The topological polar surface area (TPSA) is 142 Å². The molecule has 0 bridgehead atoms. The average Bonchev–Trinajstić information content (AvgIpc) is 3.09. The summed E-state index contributed by atoms with van der Waals surface area (Å²) >= 11 is 13.0. The number of fused-ring (bicyclic) bond motifs is 1. The van der Waals surface area contributed by atoms with Crippen LogP contribution in [0.3, 0.4) is 0 Å². The van der Waals surface area contributed by atoms with E-state index in [1.165, 1.54) is 12.1 Å². The van der Waals surface area contributed by atoms with Gasteiger partial charge in [-0.25, -0.2) is 23.5 Å². The molecule has 1 aliphatic rings. The zero-order valence-corrected chi connectivity index (χ0v) is 24.3. The number of rotatable bonds is 5. The van der Waals surface area contributed by atoms with Gasteiger partial charge in [0.1, 0.15) is 23.0 Å². The first-order chi connectivity index (χ1) is 19.4. The first kappa shape index (κ1) is 28.6. The summed E-state index contributed by atoms with van der Waals surface area (Å²) in [5, 5.41) is 15.0. The number of nitrogens with one attached hydrogen (secondary N) is 1. The van der Waals surface area contributed by atoms with Crippen molar-refractivity contribution in [2.24, 2.45) is 10.1 Å². The number of allylic oxidation sites excluding steroid dienone is 1. The first-order valence-electron chi connectivity index (χ1n) is 12.4. The molecule has 210 valence electrons. The van der Waals surface area contributed by atoms with Gasteiger partial charge >= 0.3 is 0 Å². The SMILES string of the molecule is CN(C)C1=NC=C(c2c(Cl)cc(S(N)(=O)=O)cc2Cl)Cc2nc(Cc3ccc(-c4ccc(O)cc4)cc3)[nH]c(=O)c21. The molecule has 0 aliphatic carbocycles. The summed E-state index contributed by atoms with van der Waals surface area (Å²) in [6.07, 6.45) is 2.10. The van der Waals surface area contributed by atoms with Gasteiger partial charge in [0.15, 0.2) is 0 Å². The maximum Gasteiger partial charge on any atom is 0.262 e. The lowest BCUT2D eigenvalue weighted by Gasteiger charge is -2.17. The van der Waals surface area contributed by atoms with E-state index in [1.54, 1.807) is 37.3 Å².